The monoisotopic (exact) mass is 457 g/mol. The van der Waals surface area contributed by atoms with E-state index in [9.17, 15) is 19.8 Å². The van der Waals surface area contributed by atoms with Gasteiger partial charge in [-0.25, -0.2) is 0 Å². The second-order valence-corrected chi connectivity index (χ2v) is 8.11. The fraction of sp³-hybridized carbons (Fsp3) is 0.304. The zero-order valence-corrected chi connectivity index (χ0v) is 18.1. The van der Waals surface area contributed by atoms with Gasteiger partial charge in [-0.1, -0.05) is 53.9 Å². The Morgan fingerprint density at radius 1 is 1.14 bits per heavy atom. The van der Waals surface area contributed by atoms with Crippen molar-refractivity contribution in [3.63, 3.8) is 0 Å². The highest BCUT2D eigenvalue weighted by Crippen LogP contribution is 2.40. The molecule has 2 N–H and O–H groups in total. The molecule has 1 fully saturated rings. The van der Waals surface area contributed by atoms with Crippen LogP contribution in [0.4, 0.5) is 0 Å². The number of hydrogen-bond donors (Lipinski definition) is 2. The Balaban J connectivity index is 2.14. The van der Waals surface area contributed by atoms with Gasteiger partial charge in [0.1, 0.15) is 11.5 Å². The Kier molecular flexibility index (Phi) is 6.42. The van der Waals surface area contributed by atoms with Crippen LogP contribution in [0.2, 0.25) is 0 Å². The first kappa shape index (κ1) is 21.1. The number of likely N-dealkylation sites (tertiary alicyclic amines) is 1. The zero-order chi connectivity index (χ0) is 21.1. The largest absolute Gasteiger partial charge is 0.508 e. The minimum Gasteiger partial charge on any atom is -0.508 e. The number of aliphatic hydroxyl groups excluding tert-OH is 1. The quantitative estimate of drug-likeness (QED) is 0.274. The van der Waals surface area contributed by atoms with Crippen LogP contribution in [0.25, 0.3) is 5.76 Å². The number of carbonyl (C=O) groups is 2. The summed E-state index contributed by atoms with van der Waals surface area (Å²) in [6, 6.07) is 11.0. The van der Waals surface area contributed by atoms with E-state index >= 15 is 0 Å². The third-order valence-electron chi connectivity index (χ3n) is 5.16. The minimum absolute atomic E-state index is 0.0427. The molecule has 1 unspecified atom stereocenters. The summed E-state index contributed by atoms with van der Waals surface area (Å²) in [5.74, 6) is -1.48. The Hall–Kier alpha value is -2.60. The van der Waals surface area contributed by atoms with E-state index in [0.717, 1.165) is 29.3 Å². The van der Waals surface area contributed by atoms with Gasteiger partial charge in [-0.05, 0) is 48.7 Å². The molecule has 152 valence electrons. The van der Waals surface area contributed by atoms with E-state index in [1.54, 1.807) is 30.3 Å². The Bertz CT molecular complexity index is 983. The number of aryl methyl sites for hydroxylation is 1. The molecule has 3 rings (SSSR count). The van der Waals surface area contributed by atoms with Crippen LogP contribution >= 0.6 is 15.9 Å². The zero-order valence-electron chi connectivity index (χ0n) is 16.5. The van der Waals surface area contributed by atoms with E-state index in [4.69, 9.17) is 0 Å². The maximum atomic E-state index is 12.9. The number of amides is 1. The number of hydrogen-bond acceptors (Lipinski definition) is 4. The first-order valence-electron chi connectivity index (χ1n) is 9.69. The highest BCUT2D eigenvalue weighted by molar-refractivity contribution is 9.10. The number of ketones is 1. The maximum Gasteiger partial charge on any atom is 0.295 e. The molecule has 2 aromatic rings. The summed E-state index contributed by atoms with van der Waals surface area (Å²) in [5, 5.41) is 21.0. The maximum absolute atomic E-state index is 12.9. The smallest absolute Gasteiger partial charge is 0.295 e. The number of aliphatic hydroxyl groups is 1. The van der Waals surface area contributed by atoms with Crippen LogP contribution in [0.3, 0.4) is 0 Å². The highest BCUT2D eigenvalue weighted by Gasteiger charge is 2.45. The van der Waals surface area contributed by atoms with E-state index in [-0.39, 0.29) is 17.1 Å². The summed E-state index contributed by atoms with van der Waals surface area (Å²) in [6.45, 7) is 4.36. The highest BCUT2D eigenvalue weighted by atomic mass is 79.9. The van der Waals surface area contributed by atoms with Crippen molar-refractivity contribution < 1.29 is 19.8 Å². The topological polar surface area (TPSA) is 77.8 Å². The molecule has 2 aromatic carbocycles. The predicted molar refractivity (Wildman–Crippen MR) is 116 cm³/mol. The lowest BCUT2D eigenvalue weighted by Gasteiger charge is -2.25. The van der Waals surface area contributed by atoms with Crippen LogP contribution in [0.5, 0.6) is 5.75 Å². The van der Waals surface area contributed by atoms with Crippen LogP contribution in [0.1, 0.15) is 48.9 Å². The molecule has 1 saturated heterocycles. The number of phenols is 1. The van der Waals surface area contributed by atoms with Crippen molar-refractivity contribution in [3.8, 4) is 5.75 Å². The lowest BCUT2D eigenvalue weighted by molar-refractivity contribution is -0.139. The van der Waals surface area contributed by atoms with Gasteiger partial charge in [0.05, 0.1) is 11.6 Å². The number of carbonyl (C=O) groups excluding carboxylic acids is 2. The van der Waals surface area contributed by atoms with Gasteiger partial charge < -0.3 is 15.1 Å². The first-order chi connectivity index (χ1) is 13.8. The van der Waals surface area contributed by atoms with Crippen LogP contribution in [-0.2, 0) is 9.59 Å². The molecule has 1 heterocycles. The average Bonchev–Trinajstić information content (AvgIpc) is 2.94. The number of benzene rings is 2. The summed E-state index contributed by atoms with van der Waals surface area (Å²) in [6.07, 6.45) is 2.68. The van der Waals surface area contributed by atoms with Gasteiger partial charge in [-0.2, -0.15) is 0 Å². The number of nitrogens with zero attached hydrogens (tertiary/aromatic N) is 1. The van der Waals surface area contributed by atoms with Gasteiger partial charge in [-0.15, -0.1) is 0 Å². The molecule has 6 heteroatoms. The van der Waals surface area contributed by atoms with E-state index < -0.39 is 17.7 Å². The number of unbranched alkanes of at least 4 members (excludes halogenated alkanes) is 2. The van der Waals surface area contributed by atoms with Crippen molar-refractivity contribution in [2.24, 2.45) is 0 Å². The number of aromatic hydroxyl groups is 1. The normalized spacial score (nSPS) is 18.4. The molecule has 0 spiro atoms. The van der Waals surface area contributed by atoms with E-state index in [2.05, 4.69) is 22.9 Å². The van der Waals surface area contributed by atoms with Crippen LogP contribution < -0.4 is 0 Å². The Morgan fingerprint density at radius 3 is 2.55 bits per heavy atom. The summed E-state index contributed by atoms with van der Waals surface area (Å²) >= 11 is 3.43. The molecular weight excluding hydrogens is 434 g/mol. The van der Waals surface area contributed by atoms with Crippen LogP contribution in [0, 0.1) is 6.92 Å². The van der Waals surface area contributed by atoms with E-state index in [1.165, 1.54) is 17.0 Å². The third kappa shape index (κ3) is 4.22. The fourth-order valence-corrected chi connectivity index (χ4v) is 3.88. The molecule has 1 aliphatic rings. The standard InChI is InChI=1S/C23H24BrNO4/c1-3-4-5-11-25-20(15-7-6-8-17(26)13-15)19(22(28)23(25)29)21(27)16-9-10-18(24)14(2)12-16/h6-10,12-13,20,26-27H,3-5,11H2,1-2H3/b21-19-. The number of halogens is 1. The number of rotatable bonds is 6. The van der Waals surface area contributed by atoms with Crippen molar-refractivity contribution in [1.82, 2.24) is 4.90 Å². The molecule has 1 amide bonds. The van der Waals surface area contributed by atoms with Gasteiger partial charge in [0, 0.05) is 16.6 Å². The predicted octanol–water partition coefficient (Wildman–Crippen LogP) is 5.08. The van der Waals surface area contributed by atoms with Crippen molar-refractivity contribution >= 4 is 33.4 Å². The lowest BCUT2D eigenvalue weighted by atomic mass is 9.94. The SMILES string of the molecule is CCCCCN1C(=O)C(=O)/C(=C(\O)c2ccc(Br)c(C)c2)C1c1cccc(O)c1. The Labute approximate surface area is 178 Å². The Morgan fingerprint density at radius 2 is 1.90 bits per heavy atom. The summed E-state index contributed by atoms with van der Waals surface area (Å²) in [7, 11) is 0. The van der Waals surface area contributed by atoms with Crippen molar-refractivity contribution in [3.05, 3.63) is 69.2 Å². The van der Waals surface area contributed by atoms with Gasteiger partial charge >= 0.3 is 0 Å². The molecular formula is C23H24BrNO4. The van der Waals surface area contributed by atoms with Crippen LogP contribution in [-0.4, -0.2) is 33.3 Å². The molecule has 1 atom stereocenters. The van der Waals surface area contributed by atoms with E-state index in [0.29, 0.717) is 17.7 Å². The molecule has 5 nitrogen and oxygen atoms in total. The fourth-order valence-electron chi connectivity index (χ4n) is 3.63. The third-order valence-corrected chi connectivity index (χ3v) is 6.05. The second-order valence-electron chi connectivity index (χ2n) is 7.26. The number of Topliss-reactive ketones (excluding diaryl/α,β-unsaturated/α-hetero) is 1. The van der Waals surface area contributed by atoms with Crippen molar-refractivity contribution in [2.75, 3.05) is 6.54 Å². The summed E-state index contributed by atoms with van der Waals surface area (Å²) in [4.78, 5) is 27.2. The minimum atomic E-state index is -0.733. The average molecular weight is 458 g/mol. The summed E-state index contributed by atoms with van der Waals surface area (Å²) in [5.41, 5.74) is 2.03. The molecule has 1 aliphatic heterocycles. The van der Waals surface area contributed by atoms with Gasteiger partial charge in [0.25, 0.3) is 11.7 Å². The first-order valence-corrected chi connectivity index (χ1v) is 10.5. The van der Waals surface area contributed by atoms with E-state index in [1.807, 2.05) is 6.92 Å². The number of phenolic OH excluding ortho intramolecular Hbond substituents is 1. The molecule has 0 aliphatic carbocycles. The second kappa shape index (κ2) is 8.82. The van der Waals surface area contributed by atoms with Gasteiger partial charge in [0.15, 0.2) is 0 Å². The molecule has 0 radical (unpaired) electrons. The lowest BCUT2D eigenvalue weighted by Crippen LogP contribution is -2.30. The van der Waals surface area contributed by atoms with Gasteiger partial charge in [-0.3, -0.25) is 9.59 Å². The molecule has 0 bridgehead atoms. The molecule has 0 saturated carbocycles. The summed E-state index contributed by atoms with van der Waals surface area (Å²) < 4.78 is 0.888. The molecule has 29 heavy (non-hydrogen) atoms. The van der Waals surface area contributed by atoms with Crippen molar-refractivity contribution in [2.45, 2.75) is 39.2 Å². The van der Waals surface area contributed by atoms with Crippen molar-refractivity contribution in [1.29, 1.82) is 0 Å². The molecule has 0 aromatic heterocycles. The van der Waals surface area contributed by atoms with Crippen LogP contribution in [0.15, 0.2) is 52.5 Å². The van der Waals surface area contributed by atoms with Gasteiger partial charge in [0.2, 0.25) is 0 Å².